The van der Waals surface area contributed by atoms with Crippen LogP contribution in [0.15, 0.2) is 48.5 Å². The van der Waals surface area contributed by atoms with Crippen molar-refractivity contribution in [2.24, 2.45) is 11.8 Å². The molecule has 1 heterocycles. The number of nitrogens with one attached hydrogen (secondary N) is 2. The number of likely N-dealkylation sites (N-methyl/N-ethyl adjacent to an activating group) is 1. The van der Waals surface area contributed by atoms with Gasteiger partial charge in [-0.2, -0.15) is 0 Å². The van der Waals surface area contributed by atoms with Crippen molar-refractivity contribution in [1.29, 1.82) is 0 Å². The first-order valence-electron chi connectivity index (χ1n) is 16.9. The lowest BCUT2D eigenvalue weighted by atomic mass is 9.88. The lowest BCUT2D eigenvalue weighted by Gasteiger charge is -2.35. The molecule has 1 aliphatic carbocycles. The van der Waals surface area contributed by atoms with Crippen LogP contribution in [0.4, 0.5) is 16.2 Å². The molecule has 252 valence electrons. The van der Waals surface area contributed by atoms with Crippen LogP contribution in [0.2, 0.25) is 0 Å². The molecule has 4 amide bonds. The van der Waals surface area contributed by atoms with Crippen molar-refractivity contribution in [2.75, 3.05) is 44.0 Å². The summed E-state index contributed by atoms with van der Waals surface area (Å²) >= 11 is 0. The first-order valence-corrected chi connectivity index (χ1v) is 16.9. The van der Waals surface area contributed by atoms with Crippen LogP contribution in [0.25, 0.3) is 0 Å². The minimum Gasteiger partial charge on any atom is -0.490 e. The number of urea groups is 1. The van der Waals surface area contributed by atoms with Crippen molar-refractivity contribution in [3.8, 4) is 5.75 Å². The number of ether oxygens (including phenoxy) is 2. The smallest absolute Gasteiger partial charge is 0.321 e. The van der Waals surface area contributed by atoms with E-state index in [0.717, 1.165) is 51.4 Å². The Bertz CT molecular complexity index is 1280. The van der Waals surface area contributed by atoms with E-state index >= 15 is 0 Å². The van der Waals surface area contributed by atoms with Gasteiger partial charge in [-0.25, -0.2) is 4.79 Å². The van der Waals surface area contributed by atoms with E-state index in [0.29, 0.717) is 35.8 Å². The summed E-state index contributed by atoms with van der Waals surface area (Å²) < 4.78 is 12.7. The van der Waals surface area contributed by atoms with Gasteiger partial charge in [-0.3, -0.25) is 9.59 Å². The highest BCUT2D eigenvalue weighted by Crippen LogP contribution is 2.30. The van der Waals surface area contributed by atoms with Crippen molar-refractivity contribution in [3.05, 3.63) is 54.1 Å². The molecule has 10 heteroatoms. The molecule has 10 nitrogen and oxygen atoms in total. The van der Waals surface area contributed by atoms with Crippen LogP contribution < -0.4 is 15.4 Å². The number of para-hydroxylation sites is 1. The van der Waals surface area contributed by atoms with Gasteiger partial charge >= 0.3 is 6.03 Å². The molecule has 1 fully saturated rings. The number of amides is 4. The predicted molar refractivity (Wildman–Crippen MR) is 180 cm³/mol. The maximum atomic E-state index is 14.3. The third-order valence-electron chi connectivity index (χ3n) is 9.12. The second kappa shape index (κ2) is 17.3. The largest absolute Gasteiger partial charge is 0.490 e. The van der Waals surface area contributed by atoms with Gasteiger partial charge in [-0.1, -0.05) is 44.4 Å². The number of hydrogen-bond acceptors (Lipinski definition) is 6. The van der Waals surface area contributed by atoms with Crippen molar-refractivity contribution in [2.45, 2.75) is 90.4 Å². The molecule has 1 aliphatic heterocycles. The van der Waals surface area contributed by atoms with Crippen molar-refractivity contribution in [1.82, 2.24) is 9.80 Å². The molecular weight excluding hydrogens is 584 g/mol. The van der Waals surface area contributed by atoms with E-state index in [1.807, 2.05) is 44.2 Å². The quantitative estimate of drug-likeness (QED) is 0.335. The van der Waals surface area contributed by atoms with Gasteiger partial charge in [0.1, 0.15) is 5.75 Å². The van der Waals surface area contributed by atoms with Crippen LogP contribution in [-0.2, 0) is 9.53 Å². The summed E-state index contributed by atoms with van der Waals surface area (Å²) in [5, 5.41) is 16.2. The van der Waals surface area contributed by atoms with E-state index in [9.17, 15) is 19.5 Å². The minimum atomic E-state index is -0.492. The first kappa shape index (κ1) is 35.2. The van der Waals surface area contributed by atoms with Gasteiger partial charge in [0.05, 0.1) is 30.4 Å². The highest BCUT2D eigenvalue weighted by Gasteiger charge is 2.31. The molecule has 0 spiro atoms. The second-order valence-corrected chi connectivity index (χ2v) is 13.0. The number of hydrogen-bond donors (Lipinski definition) is 3. The predicted octanol–water partition coefficient (Wildman–Crippen LogP) is 6.16. The third-order valence-corrected chi connectivity index (χ3v) is 9.12. The standard InChI is InChI=1S/C36H52N4O6/c1-25-22-40(26(2)24-41)35(43)31-21-30(37-34(42)28-14-7-5-8-15-28)18-19-32(31)46-27(3)13-11-12-20-45-33(25)23-39(4)36(44)38-29-16-9-6-10-17-29/h6,9-10,16-19,21,25-28,33,41H,5,7-8,11-15,20,22-24H2,1-4H3,(H,37,42)(H,38,44)/t25-,26-,27+,33-/m0/s1. The zero-order valence-electron chi connectivity index (χ0n) is 27.9. The fraction of sp³-hybridized carbons (Fsp3) is 0.583. The zero-order valence-corrected chi connectivity index (χ0v) is 27.9. The zero-order chi connectivity index (χ0) is 33.1. The number of carbonyl (C=O) groups is 3. The van der Waals surface area contributed by atoms with Crippen LogP contribution in [0.1, 0.15) is 82.5 Å². The molecule has 0 unspecified atom stereocenters. The summed E-state index contributed by atoms with van der Waals surface area (Å²) in [6.07, 6.45) is 6.98. The average Bonchev–Trinajstić information content (AvgIpc) is 3.06. The van der Waals surface area contributed by atoms with E-state index in [2.05, 4.69) is 10.6 Å². The number of rotatable bonds is 7. The molecule has 4 atom stereocenters. The number of aliphatic hydroxyl groups excluding tert-OH is 1. The Hall–Kier alpha value is -3.63. The van der Waals surface area contributed by atoms with Crippen LogP contribution in [-0.4, -0.2) is 84.4 Å². The number of fused-ring (bicyclic) bond motifs is 1. The monoisotopic (exact) mass is 636 g/mol. The van der Waals surface area contributed by atoms with Crippen molar-refractivity contribution in [3.63, 3.8) is 0 Å². The first-order chi connectivity index (χ1) is 22.2. The molecule has 3 N–H and O–H groups in total. The van der Waals surface area contributed by atoms with Gasteiger partial charge in [0.25, 0.3) is 5.91 Å². The molecule has 0 aromatic heterocycles. The molecular formula is C36H52N4O6. The maximum absolute atomic E-state index is 14.3. The average molecular weight is 637 g/mol. The molecule has 0 saturated heterocycles. The molecule has 0 radical (unpaired) electrons. The molecule has 4 rings (SSSR count). The van der Waals surface area contributed by atoms with Crippen LogP contribution in [0.5, 0.6) is 5.75 Å². The summed E-state index contributed by atoms with van der Waals surface area (Å²) in [5.74, 6) is -0.0540. The fourth-order valence-electron chi connectivity index (χ4n) is 6.17. The Balaban J connectivity index is 1.58. The summed E-state index contributed by atoms with van der Waals surface area (Å²) in [5.41, 5.74) is 1.60. The molecule has 2 aliphatic rings. The van der Waals surface area contributed by atoms with Gasteiger partial charge < -0.3 is 35.0 Å². The van der Waals surface area contributed by atoms with E-state index in [1.165, 1.54) is 0 Å². The highest BCUT2D eigenvalue weighted by molar-refractivity contribution is 6.00. The van der Waals surface area contributed by atoms with E-state index in [4.69, 9.17) is 9.47 Å². The highest BCUT2D eigenvalue weighted by atomic mass is 16.5. The Morgan fingerprint density at radius 1 is 0.978 bits per heavy atom. The van der Waals surface area contributed by atoms with Crippen LogP contribution in [0, 0.1) is 11.8 Å². The lowest BCUT2D eigenvalue weighted by Crippen LogP contribution is -2.48. The third kappa shape index (κ3) is 9.93. The Kier molecular flexibility index (Phi) is 13.3. The number of carbonyl (C=O) groups excluding carboxylic acids is 3. The number of aliphatic hydroxyl groups is 1. The van der Waals surface area contributed by atoms with Gasteiger partial charge in [0.15, 0.2) is 0 Å². The van der Waals surface area contributed by atoms with Crippen LogP contribution >= 0.6 is 0 Å². The molecule has 0 bridgehead atoms. The molecule has 2 aromatic carbocycles. The Labute approximate surface area is 273 Å². The van der Waals surface area contributed by atoms with Crippen LogP contribution in [0.3, 0.4) is 0 Å². The van der Waals surface area contributed by atoms with Crippen molar-refractivity contribution < 1.29 is 29.0 Å². The SMILES string of the molecule is C[C@@H]1CCCCO[C@@H](CN(C)C(=O)Nc2ccccc2)[C@@H](C)CN([C@@H](C)CO)C(=O)c2cc(NC(=O)C3CCCCC3)ccc2O1. The molecule has 2 aromatic rings. The second-order valence-electron chi connectivity index (χ2n) is 13.0. The molecule has 46 heavy (non-hydrogen) atoms. The normalized spacial score (nSPS) is 22.5. The number of benzene rings is 2. The number of anilines is 2. The topological polar surface area (TPSA) is 120 Å². The summed E-state index contributed by atoms with van der Waals surface area (Å²) in [7, 11) is 1.73. The van der Waals surface area contributed by atoms with Crippen molar-refractivity contribution >= 4 is 29.2 Å². The summed E-state index contributed by atoms with van der Waals surface area (Å²) in [6.45, 7) is 6.69. The van der Waals surface area contributed by atoms with Gasteiger partial charge in [-0.15, -0.1) is 0 Å². The summed E-state index contributed by atoms with van der Waals surface area (Å²) in [6, 6.07) is 13.8. The Morgan fingerprint density at radius 3 is 2.41 bits per heavy atom. The lowest BCUT2D eigenvalue weighted by molar-refractivity contribution is -0.120. The summed E-state index contributed by atoms with van der Waals surface area (Å²) in [4.78, 5) is 43.7. The van der Waals surface area contributed by atoms with Gasteiger partial charge in [0, 0.05) is 50.0 Å². The van der Waals surface area contributed by atoms with E-state index < -0.39 is 6.04 Å². The fourth-order valence-corrected chi connectivity index (χ4v) is 6.17. The van der Waals surface area contributed by atoms with E-state index in [1.54, 1.807) is 42.0 Å². The molecule has 1 saturated carbocycles. The Morgan fingerprint density at radius 2 is 1.70 bits per heavy atom. The number of nitrogens with zero attached hydrogens (tertiary/aromatic N) is 2. The maximum Gasteiger partial charge on any atom is 0.321 e. The van der Waals surface area contributed by atoms with Gasteiger partial charge in [-0.05, 0) is 76.3 Å². The van der Waals surface area contributed by atoms with E-state index in [-0.39, 0.29) is 55.0 Å². The van der Waals surface area contributed by atoms with Gasteiger partial charge in [0.2, 0.25) is 5.91 Å². The minimum absolute atomic E-state index is 0.0168.